The molecule has 0 fully saturated rings. The van der Waals surface area contributed by atoms with E-state index in [1.54, 1.807) is 0 Å². The number of rotatable bonds is 8. The highest BCUT2D eigenvalue weighted by Gasteiger charge is 1.95. The Balaban J connectivity index is 2.86. The first-order valence-corrected chi connectivity index (χ1v) is 5.43. The number of unbranched alkanes of at least 4 members (excludes halogenated alkanes) is 5. The van der Waals surface area contributed by atoms with Crippen LogP contribution in [0.25, 0.3) is 0 Å². The predicted octanol–water partition coefficient (Wildman–Crippen LogP) is 3.72. The maximum atomic E-state index is 10.3. The number of alkyl halides is 1. The van der Waals surface area contributed by atoms with Gasteiger partial charge in [0.15, 0.2) is 0 Å². The second kappa shape index (κ2) is 9.34. The molecular formula is C9H16Cl2O. The van der Waals surface area contributed by atoms with Gasteiger partial charge in [-0.2, -0.15) is 0 Å². The fraction of sp³-hybridized carbons (Fsp3) is 0.889. The van der Waals surface area contributed by atoms with Crippen LogP contribution in [-0.4, -0.2) is 11.1 Å². The van der Waals surface area contributed by atoms with Crippen molar-refractivity contribution in [2.24, 2.45) is 0 Å². The van der Waals surface area contributed by atoms with Crippen molar-refractivity contribution in [2.45, 2.75) is 44.9 Å². The molecule has 0 rings (SSSR count). The lowest BCUT2D eigenvalue weighted by Gasteiger charge is -1.97. The maximum Gasteiger partial charge on any atom is 0.221 e. The zero-order valence-corrected chi connectivity index (χ0v) is 8.83. The summed E-state index contributed by atoms with van der Waals surface area (Å²) in [6, 6.07) is 0. The Morgan fingerprint density at radius 3 is 1.92 bits per heavy atom. The van der Waals surface area contributed by atoms with E-state index in [2.05, 4.69) is 0 Å². The Morgan fingerprint density at radius 1 is 0.917 bits per heavy atom. The van der Waals surface area contributed by atoms with Crippen molar-refractivity contribution in [3.05, 3.63) is 0 Å². The molecule has 0 aliphatic rings. The third-order valence-electron chi connectivity index (χ3n) is 1.76. The van der Waals surface area contributed by atoms with Gasteiger partial charge in [0, 0.05) is 12.3 Å². The number of carbonyl (C=O) groups excluding carboxylic acids is 1. The second-order valence-corrected chi connectivity index (χ2v) is 3.71. The van der Waals surface area contributed by atoms with Crippen LogP contribution in [-0.2, 0) is 4.79 Å². The van der Waals surface area contributed by atoms with E-state index in [9.17, 15) is 4.79 Å². The molecule has 0 aliphatic heterocycles. The lowest BCUT2D eigenvalue weighted by Crippen LogP contribution is -1.86. The quantitative estimate of drug-likeness (QED) is 0.339. The SMILES string of the molecule is O=C(Cl)CCCCCCCCCl. The van der Waals surface area contributed by atoms with Crippen LogP contribution in [0, 0.1) is 0 Å². The van der Waals surface area contributed by atoms with Crippen molar-refractivity contribution in [3.63, 3.8) is 0 Å². The topological polar surface area (TPSA) is 17.1 Å². The fourth-order valence-electron chi connectivity index (χ4n) is 1.07. The maximum absolute atomic E-state index is 10.3. The molecule has 0 N–H and O–H groups in total. The Kier molecular flexibility index (Phi) is 9.53. The molecule has 0 aliphatic carbocycles. The van der Waals surface area contributed by atoms with E-state index in [-0.39, 0.29) is 5.24 Å². The lowest BCUT2D eigenvalue weighted by atomic mass is 10.1. The van der Waals surface area contributed by atoms with Gasteiger partial charge >= 0.3 is 0 Å². The third-order valence-corrected chi connectivity index (χ3v) is 2.21. The van der Waals surface area contributed by atoms with Gasteiger partial charge in [0.25, 0.3) is 0 Å². The van der Waals surface area contributed by atoms with E-state index in [1.165, 1.54) is 19.3 Å². The minimum absolute atomic E-state index is 0.212. The van der Waals surface area contributed by atoms with E-state index in [4.69, 9.17) is 23.2 Å². The molecule has 0 saturated carbocycles. The van der Waals surface area contributed by atoms with Gasteiger partial charge in [-0.15, -0.1) is 11.6 Å². The first kappa shape index (κ1) is 12.2. The molecule has 72 valence electrons. The monoisotopic (exact) mass is 210 g/mol. The van der Waals surface area contributed by atoms with Gasteiger partial charge in [0.05, 0.1) is 0 Å². The molecule has 12 heavy (non-hydrogen) atoms. The van der Waals surface area contributed by atoms with Crippen LogP contribution >= 0.6 is 23.2 Å². The van der Waals surface area contributed by atoms with Gasteiger partial charge in [-0.05, 0) is 24.4 Å². The van der Waals surface area contributed by atoms with Crippen molar-refractivity contribution < 1.29 is 4.79 Å². The molecule has 0 amide bonds. The van der Waals surface area contributed by atoms with Gasteiger partial charge in [0.1, 0.15) is 0 Å². The average molecular weight is 211 g/mol. The minimum Gasteiger partial charge on any atom is -0.281 e. The third kappa shape index (κ3) is 10.2. The van der Waals surface area contributed by atoms with E-state index in [0.29, 0.717) is 6.42 Å². The Morgan fingerprint density at radius 2 is 1.42 bits per heavy atom. The zero-order valence-electron chi connectivity index (χ0n) is 7.32. The van der Waals surface area contributed by atoms with Crippen LogP contribution in [0.1, 0.15) is 44.9 Å². The predicted molar refractivity (Wildman–Crippen MR) is 53.9 cm³/mol. The number of carbonyl (C=O) groups is 1. The molecule has 0 heterocycles. The summed E-state index contributed by atoms with van der Waals surface area (Å²) in [5.41, 5.74) is 0. The fourth-order valence-corrected chi connectivity index (χ4v) is 1.39. The lowest BCUT2D eigenvalue weighted by molar-refractivity contribution is -0.111. The van der Waals surface area contributed by atoms with E-state index >= 15 is 0 Å². The summed E-state index contributed by atoms with van der Waals surface area (Å²) in [4.78, 5) is 10.3. The van der Waals surface area contributed by atoms with Gasteiger partial charge in [-0.25, -0.2) is 0 Å². The zero-order chi connectivity index (χ0) is 9.23. The molecule has 0 aromatic heterocycles. The molecule has 0 bridgehead atoms. The summed E-state index contributed by atoms with van der Waals surface area (Å²) in [6.45, 7) is 0. The minimum atomic E-state index is -0.212. The number of hydrogen-bond acceptors (Lipinski definition) is 1. The molecule has 0 radical (unpaired) electrons. The first-order valence-electron chi connectivity index (χ1n) is 4.51. The van der Waals surface area contributed by atoms with Crippen LogP contribution in [0.2, 0.25) is 0 Å². The summed E-state index contributed by atoms with van der Waals surface area (Å²) in [7, 11) is 0. The van der Waals surface area contributed by atoms with E-state index in [1.807, 2.05) is 0 Å². The van der Waals surface area contributed by atoms with Crippen molar-refractivity contribution in [2.75, 3.05) is 5.88 Å². The van der Waals surface area contributed by atoms with Crippen molar-refractivity contribution in [1.29, 1.82) is 0 Å². The summed E-state index contributed by atoms with van der Waals surface area (Å²) < 4.78 is 0. The number of hydrogen-bond donors (Lipinski definition) is 0. The van der Waals surface area contributed by atoms with Gasteiger partial charge < -0.3 is 0 Å². The molecule has 0 atom stereocenters. The Hall–Kier alpha value is 0.250. The summed E-state index contributed by atoms with van der Waals surface area (Å²) in [6.07, 6.45) is 7.31. The van der Waals surface area contributed by atoms with Gasteiger partial charge in [0.2, 0.25) is 5.24 Å². The van der Waals surface area contributed by atoms with Crippen LogP contribution in [0.4, 0.5) is 0 Å². The molecule has 0 unspecified atom stereocenters. The molecule has 0 saturated heterocycles. The molecule has 0 spiro atoms. The Labute approximate surface area is 84.4 Å². The summed E-state index contributed by atoms with van der Waals surface area (Å²) in [5.74, 6) is 0.764. The molecule has 0 aromatic rings. The summed E-state index contributed by atoms with van der Waals surface area (Å²) in [5, 5.41) is -0.212. The van der Waals surface area contributed by atoms with Crippen LogP contribution < -0.4 is 0 Å². The highest BCUT2D eigenvalue weighted by Crippen LogP contribution is 2.08. The highest BCUT2D eigenvalue weighted by atomic mass is 35.5. The molecule has 0 aromatic carbocycles. The smallest absolute Gasteiger partial charge is 0.221 e. The van der Waals surface area contributed by atoms with Crippen molar-refractivity contribution >= 4 is 28.4 Å². The average Bonchev–Trinajstić information content (AvgIpc) is 2.02. The number of halogens is 2. The Bertz CT molecular complexity index is 115. The molecular weight excluding hydrogens is 195 g/mol. The van der Waals surface area contributed by atoms with Gasteiger partial charge in [-0.3, -0.25) is 4.79 Å². The standard InChI is InChI=1S/C9H16Cl2O/c10-8-6-4-2-1-3-5-7-9(11)12/h1-8H2. The molecule has 3 heteroatoms. The molecule has 1 nitrogen and oxygen atoms in total. The van der Waals surface area contributed by atoms with Crippen LogP contribution in [0.3, 0.4) is 0 Å². The van der Waals surface area contributed by atoms with Crippen molar-refractivity contribution in [1.82, 2.24) is 0 Å². The van der Waals surface area contributed by atoms with Gasteiger partial charge in [-0.1, -0.05) is 25.7 Å². The second-order valence-electron chi connectivity index (χ2n) is 2.92. The van der Waals surface area contributed by atoms with Crippen LogP contribution in [0.5, 0.6) is 0 Å². The van der Waals surface area contributed by atoms with E-state index in [0.717, 1.165) is 25.1 Å². The normalized spacial score (nSPS) is 10.2. The van der Waals surface area contributed by atoms with Crippen LogP contribution in [0.15, 0.2) is 0 Å². The van der Waals surface area contributed by atoms with Crippen molar-refractivity contribution in [3.8, 4) is 0 Å². The summed E-state index contributed by atoms with van der Waals surface area (Å²) >= 11 is 10.7. The largest absolute Gasteiger partial charge is 0.281 e. The van der Waals surface area contributed by atoms with E-state index < -0.39 is 0 Å². The highest BCUT2D eigenvalue weighted by molar-refractivity contribution is 6.63. The first-order chi connectivity index (χ1) is 5.77.